The highest BCUT2D eigenvalue weighted by Gasteiger charge is 2.41. The Hall–Kier alpha value is -7.74. The molecule has 2 aliphatic carbocycles. The van der Waals surface area contributed by atoms with Crippen molar-refractivity contribution in [2.45, 2.75) is 31.6 Å². The van der Waals surface area contributed by atoms with Crippen molar-refractivity contribution in [3.8, 4) is 55.6 Å². The largest absolute Gasteiger partial charge is 0.310 e. The van der Waals surface area contributed by atoms with Gasteiger partial charge < -0.3 is 4.90 Å². The highest BCUT2D eigenvalue weighted by atomic mass is 15.1. The fourth-order valence-electron chi connectivity index (χ4n) is 11.2. The standard InChI is InChI=1S/C63H47N/c1-62(2)57-28-12-9-23-53(57)56-27-16-25-50(61(56)62)44-33-38-48(39-34-44)64(60-30-14-11-24-55(60)51-26-15-18-43-17-7-8-21-49(43)51)47-36-31-42(32-37-47)45-35-40-54-52-22-10-13-29-58(52)63(3,59(54)41-45)46-19-5-4-6-20-46/h4-41H,1-3H3. The predicted octanol–water partition coefficient (Wildman–Crippen LogP) is 17.0. The molecule has 0 amide bonds. The molecule has 0 radical (unpaired) electrons. The fraction of sp³-hybridized carbons (Fsp3) is 0.0794. The van der Waals surface area contributed by atoms with E-state index in [1.54, 1.807) is 0 Å². The van der Waals surface area contributed by atoms with Crippen LogP contribution in [0.2, 0.25) is 0 Å². The van der Waals surface area contributed by atoms with Crippen molar-refractivity contribution in [3.63, 3.8) is 0 Å². The molecule has 0 aromatic heterocycles. The Labute approximate surface area is 376 Å². The summed E-state index contributed by atoms with van der Waals surface area (Å²) in [4.78, 5) is 2.44. The maximum absolute atomic E-state index is 2.44. The molecule has 64 heavy (non-hydrogen) atoms. The summed E-state index contributed by atoms with van der Waals surface area (Å²) in [6.07, 6.45) is 0. The topological polar surface area (TPSA) is 3.24 Å². The van der Waals surface area contributed by atoms with Gasteiger partial charge in [0.25, 0.3) is 0 Å². The molecule has 0 aliphatic heterocycles. The molecule has 12 rings (SSSR count). The molecule has 0 fully saturated rings. The first kappa shape index (κ1) is 38.0. The van der Waals surface area contributed by atoms with Gasteiger partial charge in [-0.25, -0.2) is 0 Å². The van der Waals surface area contributed by atoms with Crippen LogP contribution in [0.1, 0.15) is 48.6 Å². The van der Waals surface area contributed by atoms with Gasteiger partial charge in [0.15, 0.2) is 0 Å². The zero-order valence-corrected chi connectivity index (χ0v) is 36.4. The minimum absolute atomic E-state index is 0.102. The summed E-state index contributed by atoms with van der Waals surface area (Å²) in [6, 6.07) is 85.4. The number of para-hydroxylation sites is 1. The van der Waals surface area contributed by atoms with Crippen molar-refractivity contribution >= 4 is 27.8 Å². The summed E-state index contributed by atoms with van der Waals surface area (Å²) in [5.41, 5.74) is 22.4. The normalized spacial score (nSPS) is 15.3. The van der Waals surface area contributed by atoms with Crippen molar-refractivity contribution in [1.82, 2.24) is 0 Å². The summed E-state index contributed by atoms with van der Waals surface area (Å²) in [5.74, 6) is 0. The summed E-state index contributed by atoms with van der Waals surface area (Å²) in [7, 11) is 0. The molecular formula is C63H47N. The van der Waals surface area contributed by atoms with E-state index in [9.17, 15) is 0 Å². The van der Waals surface area contributed by atoms with Gasteiger partial charge in [-0.3, -0.25) is 0 Å². The first-order valence-electron chi connectivity index (χ1n) is 22.5. The van der Waals surface area contributed by atoms with Crippen LogP contribution in [0.5, 0.6) is 0 Å². The van der Waals surface area contributed by atoms with E-state index in [2.05, 4.69) is 256 Å². The van der Waals surface area contributed by atoms with E-state index >= 15 is 0 Å². The van der Waals surface area contributed by atoms with E-state index in [4.69, 9.17) is 0 Å². The minimum atomic E-state index is -0.253. The second-order valence-corrected chi connectivity index (χ2v) is 18.2. The molecule has 0 bridgehead atoms. The van der Waals surface area contributed by atoms with E-state index in [0.717, 1.165) is 17.1 Å². The minimum Gasteiger partial charge on any atom is -0.310 e. The summed E-state index contributed by atoms with van der Waals surface area (Å²) < 4.78 is 0. The lowest BCUT2D eigenvalue weighted by atomic mass is 9.74. The molecule has 0 saturated carbocycles. The third kappa shape index (κ3) is 5.77. The van der Waals surface area contributed by atoms with Gasteiger partial charge in [-0.1, -0.05) is 208 Å². The van der Waals surface area contributed by atoms with Crippen molar-refractivity contribution in [1.29, 1.82) is 0 Å². The molecule has 0 saturated heterocycles. The second kappa shape index (κ2) is 14.7. The maximum atomic E-state index is 2.44. The highest BCUT2D eigenvalue weighted by Crippen LogP contribution is 2.54. The van der Waals surface area contributed by atoms with E-state index in [-0.39, 0.29) is 10.8 Å². The Kier molecular flexibility index (Phi) is 8.71. The monoisotopic (exact) mass is 817 g/mol. The molecule has 1 heteroatoms. The lowest BCUT2D eigenvalue weighted by Gasteiger charge is -2.29. The summed E-state index contributed by atoms with van der Waals surface area (Å²) in [5, 5.41) is 2.47. The Morgan fingerprint density at radius 3 is 1.61 bits per heavy atom. The van der Waals surface area contributed by atoms with E-state index < -0.39 is 0 Å². The van der Waals surface area contributed by atoms with Crippen LogP contribution < -0.4 is 4.90 Å². The van der Waals surface area contributed by atoms with E-state index in [1.165, 1.54) is 94.2 Å². The molecule has 0 spiro atoms. The Balaban J connectivity index is 0.978. The Bertz CT molecular complexity index is 3410. The van der Waals surface area contributed by atoms with Gasteiger partial charge in [0.05, 0.1) is 5.69 Å². The maximum Gasteiger partial charge on any atom is 0.0540 e. The van der Waals surface area contributed by atoms with Gasteiger partial charge in [0.1, 0.15) is 0 Å². The fourth-order valence-corrected chi connectivity index (χ4v) is 11.2. The lowest BCUT2D eigenvalue weighted by molar-refractivity contribution is 0.662. The molecule has 0 heterocycles. The first-order valence-corrected chi connectivity index (χ1v) is 22.5. The van der Waals surface area contributed by atoms with Crippen molar-refractivity contribution < 1.29 is 0 Å². The first-order chi connectivity index (χ1) is 31.4. The number of fused-ring (bicyclic) bond motifs is 7. The molecule has 10 aromatic rings. The van der Waals surface area contributed by atoms with Crippen LogP contribution in [0.25, 0.3) is 66.4 Å². The average Bonchev–Trinajstić information content (AvgIpc) is 3.76. The van der Waals surface area contributed by atoms with E-state index in [1.807, 2.05) is 0 Å². The number of nitrogens with zero attached hydrogens (tertiary/aromatic N) is 1. The zero-order chi connectivity index (χ0) is 43.0. The third-order valence-electron chi connectivity index (χ3n) is 14.4. The van der Waals surface area contributed by atoms with Crippen LogP contribution in [0, 0.1) is 0 Å². The zero-order valence-electron chi connectivity index (χ0n) is 36.4. The van der Waals surface area contributed by atoms with Crippen molar-refractivity contribution in [2.24, 2.45) is 0 Å². The molecule has 304 valence electrons. The Morgan fingerprint density at radius 1 is 0.328 bits per heavy atom. The summed E-state index contributed by atoms with van der Waals surface area (Å²) in [6.45, 7) is 7.13. The smallest absolute Gasteiger partial charge is 0.0540 e. The molecule has 2 aliphatic rings. The van der Waals surface area contributed by atoms with Gasteiger partial charge in [0, 0.05) is 27.8 Å². The molecule has 10 aromatic carbocycles. The third-order valence-corrected chi connectivity index (χ3v) is 14.4. The van der Waals surface area contributed by atoms with Gasteiger partial charge >= 0.3 is 0 Å². The number of anilines is 3. The number of hydrogen-bond acceptors (Lipinski definition) is 1. The predicted molar refractivity (Wildman–Crippen MR) is 270 cm³/mol. The lowest BCUT2D eigenvalue weighted by Crippen LogP contribution is -2.22. The van der Waals surface area contributed by atoms with Crippen molar-refractivity contribution in [2.75, 3.05) is 4.90 Å². The molecule has 0 N–H and O–H groups in total. The molecular weight excluding hydrogens is 771 g/mol. The van der Waals surface area contributed by atoms with Gasteiger partial charge in [-0.2, -0.15) is 0 Å². The number of hydrogen-bond donors (Lipinski definition) is 0. The van der Waals surface area contributed by atoms with Crippen LogP contribution >= 0.6 is 0 Å². The van der Waals surface area contributed by atoms with Gasteiger partial charge in [0.2, 0.25) is 0 Å². The van der Waals surface area contributed by atoms with Crippen LogP contribution in [0.3, 0.4) is 0 Å². The SMILES string of the molecule is CC1(C)c2ccccc2-c2cccc(-c3ccc(N(c4ccc(-c5ccc6c(c5)C(C)(c5ccccc5)c5ccccc5-6)cc4)c4ccccc4-c4cccc5ccccc45)cc3)c21. The number of benzene rings is 10. The average molecular weight is 818 g/mol. The quantitative estimate of drug-likeness (QED) is 0.155. The van der Waals surface area contributed by atoms with Crippen molar-refractivity contribution in [3.05, 3.63) is 258 Å². The summed E-state index contributed by atoms with van der Waals surface area (Å²) >= 11 is 0. The van der Waals surface area contributed by atoms with Gasteiger partial charge in [-0.15, -0.1) is 0 Å². The van der Waals surface area contributed by atoms with E-state index in [0.29, 0.717) is 0 Å². The second-order valence-electron chi connectivity index (χ2n) is 18.2. The Morgan fingerprint density at radius 2 is 0.844 bits per heavy atom. The van der Waals surface area contributed by atoms with Crippen LogP contribution in [0.15, 0.2) is 231 Å². The van der Waals surface area contributed by atoms with Gasteiger partial charge in [-0.05, 0) is 132 Å². The molecule has 1 atom stereocenters. The molecule has 1 nitrogen and oxygen atoms in total. The molecule has 1 unspecified atom stereocenters. The van der Waals surface area contributed by atoms with Crippen LogP contribution in [-0.4, -0.2) is 0 Å². The highest BCUT2D eigenvalue weighted by molar-refractivity contribution is 6.01. The van der Waals surface area contributed by atoms with Crippen LogP contribution in [0.4, 0.5) is 17.1 Å². The number of rotatable bonds is 7. The van der Waals surface area contributed by atoms with Crippen LogP contribution in [-0.2, 0) is 10.8 Å².